The number of carbonyl (C=O) groups is 1. The smallest absolute Gasteiger partial charge is 0.333 e. The van der Waals surface area contributed by atoms with Crippen LogP contribution in [0.2, 0.25) is 0 Å². The second-order valence-corrected chi connectivity index (χ2v) is 2.13. The quantitative estimate of drug-likeness (QED) is 0.389. The van der Waals surface area contributed by atoms with E-state index in [0.29, 0.717) is 16.9 Å². The van der Waals surface area contributed by atoms with Crippen LogP contribution >= 0.6 is 0 Å². The first-order valence-electron chi connectivity index (χ1n) is 2.86. The van der Waals surface area contributed by atoms with Gasteiger partial charge in [-0.05, 0) is 6.42 Å². The van der Waals surface area contributed by atoms with Gasteiger partial charge in [-0.3, -0.25) is 0 Å². The fraction of sp³-hybridized carbons (Fsp3) is 0.800. The Hall–Kier alpha value is -0.353. The Morgan fingerprint density at radius 3 is 2.44 bits per heavy atom. The van der Waals surface area contributed by atoms with Gasteiger partial charge in [0.15, 0.2) is 0 Å². The number of ether oxygens (including phenoxy) is 1. The molecular weight excluding hydrogens is 136 g/mol. The van der Waals surface area contributed by atoms with E-state index in [1.165, 1.54) is 7.11 Å². The molecule has 0 fully saturated rings. The van der Waals surface area contributed by atoms with Gasteiger partial charge in [-0.15, -0.1) is 0 Å². The minimum atomic E-state index is -0.332. The van der Waals surface area contributed by atoms with Gasteiger partial charge in [-0.1, -0.05) is 6.92 Å². The predicted molar refractivity (Wildman–Crippen MR) is 37.1 cm³/mol. The van der Waals surface area contributed by atoms with Gasteiger partial charge in [-0.2, -0.15) is 0 Å². The second-order valence-electron chi connectivity index (χ2n) is 1.66. The number of methoxy groups -OCH3 is 1. The molecule has 1 unspecified atom stereocenters. The monoisotopic (exact) mass is 148 g/mol. The van der Waals surface area contributed by atoms with Crippen molar-refractivity contribution in [3.8, 4) is 0 Å². The lowest BCUT2D eigenvalue weighted by Gasteiger charge is -2.09. The third kappa shape index (κ3) is 2.62. The zero-order valence-corrected chi connectivity index (χ0v) is 8.01. The first kappa shape index (κ1) is 8.65. The van der Waals surface area contributed by atoms with Crippen LogP contribution in [0, 0.1) is 0 Å². The van der Waals surface area contributed by atoms with E-state index in [2.05, 4.69) is 4.74 Å². The van der Waals surface area contributed by atoms with E-state index < -0.39 is 0 Å². The maximum absolute atomic E-state index is 10.6. The Morgan fingerprint density at radius 1 is 1.78 bits per heavy atom. The van der Waals surface area contributed by atoms with E-state index in [0.717, 1.165) is 0 Å². The van der Waals surface area contributed by atoms with Crippen LogP contribution in [-0.4, -0.2) is 29.7 Å². The highest BCUT2D eigenvalue weighted by Crippen LogP contribution is 1.96. The predicted octanol–water partition coefficient (Wildman–Crippen LogP) is -0.765. The van der Waals surface area contributed by atoms with E-state index in [1.54, 1.807) is 0 Å². The highest BCUT2D eigenvalue weighted by Gasteiger charge is 2.13. The van der Waals surface area contributed by atoms with Gasteiger partial charge in [0.2, 0.25) is 0 Å². The average Bonchev–Trinajstić information content (AvgIpc) is 1.90. The van der Waals surface area contributed by atoms with Crippen molar-refractivity contribution in [3.05, 3.63) is 0 Å². The summed E-state index contributed by atoms with van der Waals surface area (Å²) in [7, 11) is 1.95. The van der Waals surface area contributed by atoms with Crippen molar-refractivity contribution >= 4 is 16.5 Å². The van der Waals surface area contributed by atoms with Crippen molar-refractivity contribution in [2.24, 2.45) is 0 Å². The Labute approximate surface area is 57.9 Å². The van der Waals surface area contributed by atoms with Crippen LogP contribution in [-0.2, 0) is 14.0 Å². The van der Waals surface area contributed by atoms with E-state index in [1.807, 2.05) is 6.92 Å². The molecule has 54 valence electrons. The van der Waals surface area contributed by atoms with E-state index in [-0.39, 0.29) is 12.1 Å². The Kier molecular flexibility index (Phi) is 4.34. The van der Waals surface area contributed by atoms with Crippen LogP contribution in [0.15, 0.2) is 0 Å². The Morgan fingerprint density at radius 2 is 2.33 bits per heavy atom. The fourth-order valence-electron chi connectivity index (χ4n) is 0.561. The molecule has 0 saturated heterocycles. The number of esters is 1. The molecule has 0 spiro atoms. The number of hydrogen-bond acceptors (Lipinski definition) is 3. The molecule has 0 N–H and O–H groups in total. The molecule has 3 nitrogen and oxygen atoms in total. The van der Waals surface area contributed by atoms with Gasteiger partial charge in [-0.25, -0.2) is 4.79 Å². The lowest BCUT2D eigenvalue weighted by molar-refractivity contribution is -0.148. The van der Waals surface area contributed by atoms with Crippen molar-refractivity contribution in [3.63, 3.8) is 0 Å². The molecular formula is C5H12O3Si. The molecule has 0 aromatic heterocycles. The third-order valence-electron chi connectivity index (χ3n) is 1.12. The van der Waals surface area contributed by atoms with Crippen LogP contribution < -0.4 is 0 Å². The molecule has 9 heavy (non-hydrogen) atoms. The van der Waals surface area contributed by atoms with Gasteiger partial charge >= 0.3 is 5.97 Å². The highest BCUT2D eigenvalue weighted by molar-refractivity contribution is 5.99. The van der Waals surface area contributed by atoms with Crippen LogP contribution in [0.1, 0.15) is 13.3 Å². The summed E-state index contributed by atoms with van der Waals surface area (Å²) in [5.74, 6) is -0.271. The molecule has 0 heterocycles. The van der Waals surface area contributed by atoms with Crippen LogP contribution in [0.4, 0.5) is 0 Å². The first-order chi connectivity index (χ1) is 4.26. The molecule has 0 radical (unpaired) electrons. The second kappa shape index (κ2) is 4.52. The van der Waals surface area contributed by atoms with Crippen LogP contribution in [0.3, 0.4) is 0 Å². The molecule has 4 heteroatoms. The summed E-state index contributed by atoms with van der Waals surface area (Å²) in [5, 5.41) is 0. The molecule has 0 aliphatic rings. The zero-order chi connectivity index (χ0) is 7.28. The minimum Gasteiger partial charge on any atom is -0.467 e. The summed E-state index contributed by atoms with van der Waals surface area (Å²) in [4.78, 5) is 10.6. The van der Waals surface area contributed by atoms with Crippen molar-refractivity contribution in [1.29, 1.82) is 0 Å². The average molecular weight is 148 g/mol. The highest BCUT2D eigenvalue weighted by atomic mass is 28.2. The summed E-state index contributed by atoms with van der Waals surface area (Å²) in [6.45, 7) is 1.89. The SMILES string of the molecule is CCC(O[SiH3])C(=O)OC. The van der Waals surface area contributed by atoms with Gasteiger partial charge in [0.25, 0.3) is 0 Å². The normalized spacial score (nSPS) is 13.1. The van der Waals surface area contributed by atoms with Gasteiger partial charge in [0, 0.05) is 0 Å². The molecule has 0 bridgehead atoms. The third-order valence-corrected chi connectivity index (χ3v) is 1.69. The topological polar surface area (TPSA) is 35.5 Å². The lowest BCUT2D eigenvalue weighted by atomic mass is 10.3. The zero-order valence-electron chi connectivity index (χ0n) is 6.01. The van der Waals surface area contributed by atoms with E-state index in [4.69, 9.17) is 4.43 Å². The standard InChI is InChI=1S/C5H12O3Si/c1-3-4(8-9)5(6)7-2/h4H,3H2,1-2,9H3. The first-order valence-corrected chi connectivity index (χ1v) is 3.68. The van der Waals surface area contributed by atoms with Gasteiger partial charge < -0.3 is 9.16 Å². The molecule has 0 aliphatic carbocycles. The Balaban J connectivity index is 3.64. The molecule has 0 amide bonds. The summed E-state index contributed by atoms with van der Waals surface area (Å²) >= 11 is 0. The summed E-state index contributed by atoms with van der Waals surface area (Å²) in [5.41, 5.74) is 0. The van der Waals surface area contributed by atoms with E-state index >= 15 is 0 Å². The molecule has 0 aliphatic heterocycles. The maximum Gasteiger partial charge on any atom is 0.333 e. The summed E-state index contributed by atoms with van der Waals surface area (Å²) in [6, 6.07) is 0. The molecule has 0 aromatic carbocycles. The van der Waals surface area contributed by atoms with Gasteiger partial charge in [0.1, 0.15) is 16.6 Å². The maximum atomic E-state index is 10.6. The molecule has 0 aromatic rings. The van der Waals surface area contributed by atoms with Crippen molar-refractivity contribution in [1.82, 2.24) is 0 Å². The Bertz CT molecular complexity index is 90.2. The van der Waals surface area contributed by atoms with Crippen LogP contribution in [0.25, 0.3) is 0 Å². The summed E-state index contributed by atoms with van der Waals surface area (Å²) in [6.07, 6.45) is 0.359. The number of carbonyl (C=O) groups excluding carboxylic acids is 1. The fourth-order valence-corrected chi connectivity index (χ4v) is 1.09. The van der Waals surface area contributed by atoms with E-state index in [9.17, 15) is 4.79 Å². The molecule has 1 atom stereocenters. The lowest BCUT2D eigenvalue weighted by Crippen LogP contribution is -2.23. The number of hydrogen-bond donors (Lipinski definition) is 0. The van der Waals surface area contributed by atoms with Crippen molar-refractivity contribution in [2.75, 3.05) is 7.11 Å². The largest absolute Gasteiger partial charge is 0.467 e. The minimum absolute atomic E-state index is 0.271. The number of rotatable bonds is 3. The molecule has 0 saturated carbocycles. The molecule has 0 rings (SSSR count). The van der Waals surface area contributed by atoms with Gasteiger partial charge in [0.05, 0.1) is 7.11 Å². The van der Waals surface area contributed by atoms with Crippen molar-refractivity contribution < 1.29 is 14.0 Å². The summed E-state index contributed by atoms with van der Waals surface area (Å²) < 4.78 is 9.37. The van der Waals surface area contributed by atoms with Crippen molar-refractivity contribution in [2.45, 2.75) is 19.4 Å². The van der Waals surface area contributed by atoms with Crippen LogP contribution in [0.5, 0.6) is 0 Å².